The van der Waals surface area contributed by atoms with E-state index in [0.29, 0.717) is 28.8 Å². The van der Waals surface area contributed by atoms with Crippen LogP contribution in [-0.4, -0.2) is 18.8 Å². The van der Waals surface area contributed by atoms with Gasteiger partial charge in [0.2, 0.25) is 5.43 Å². The molecule has 0 unspecified atom stereocenters. The molecule has 0 saturated heterocycles. The van der Waals surface area contributed by atoms with Crippen molar-refractivity contribution in [2.24, 2.45) is 0 Å². The number of methoxy groups -OCH3 is 2. The fourth-order valence-corrected chi connectivity index (χ4v) is 3.01. The molecule has 0 atom stereocenters. The summed E-state index contributed by atoms with van der Waals surface area (Å²) in [7, 11) is 2.97. The number of ether oxygens (including phenoxy) is 2. The van der Waals surface area contributed by atoms with Crippen LogP contribution in [0.1, 0.15) is 5.56 Å². The first-order valence-electron chi connectivity index (χ1n) is 8.24. The maximum absolute atomic E-state index is 13.5. The van der Waals surface area contributed by atoms with E-state index < -0.39 is 5.82 Å². The Labute approximate surface area is 171 Å². The summed E-state index contributed by atoms with van der Waals surface area (Å²) < 4.78 is 25.6. The van der Waals surface area contributed by atoms with Crippen molar-refractivity contribution in [2.45, 2.75) is 6.54 Å². The lowest BCUT2D eigenvalue weighted by molar-refractivity contribution is 0.406. The van der Waals surface area contributed by atoms with E-state index in [1.54, 1.807) is 42.1 Å². The van der Waals surface area contributed by atoms with Crippen LogP contribution >= 0.6 is 23.2 Å². The Morgan fingerprint density at radius 3 is 2.50 bits per heavy atom. The van der Waals surface area contributed by atoms with Crippen molar-refractivity contribution in [2.75, 3.05) is 19.5 Å². The second kappa shape index (κ2) is 8.54. The summed E-state index contributed by atoms with van der Waals surface area (Å²) >= 11 is 12.1. The minimum absolute atomic E-state index is 0.0239. The van der Waals surface area contributed by atoms with Crippen LogP contribution in [0.5, 0.6) is 11.5 Å². The molecular weight excluding hydrogens is 406 g/mol. The van der Waals surface area contributed by atoms with Gasteiger partial charge >= 0.3 is 0 Å². The first-order chi connectivity index (χ1) is 13.4. The molecular formula is C20H17Cl2FN2O3. The molecule has 8 heteroatoms. The molecule has 1 aromatic heterocycles. The van der Waals surface area contributed by atoms with Crippen LogP contribution in [0.25, 0.3) is 0 Å². The standard InChI is InChI=1S/C20H17Cl2FN2O3/c1-27-13-4-5-14(21)17(8-13)24-20-9-18(26)19(28-2)11-25(20)10-12-3-6-16(23)15(22)7-12/h3-9,11,24H,10H2,1-2H3. The van der Waals surface area contributed by atoms with Gasteiger partial charge in [-0.1, -0.05) is 29.3 Å². The molecule has 3 aromatic rings. The Hall–Kier alpha value is -2.70. The third-order valence-corrected chi connectivity index (χ3v) is 4.71. The van der Waals surface area contributed by atoms with E-state index in [1.165, 1.54) is 25.3 Å². The number of nitrogens with zero attached hydrogens (tertiary/aromatic N) is 1. The van der Waals surface area contributed by atoms with E-state index in [9.17, 15) is 9.18 Å². The summed E-state index contributed by atoms with van der Waals surface area (Å²) in [5, 5.41) is 3.63. The van der Waals surface area contributed by atoms with E-state index in [4.69, 9.17) is 32.7 Å². The highest BCUT2D eigenvalue weighted by atomic mass is 35.5. The molecule has 0 radical (unpaired) electrons. The number of aromatic nitrogens is 1. The highest BCUT2D eigenvalue weighted by molar-refractivity contribution is 6.33. The van der Waals surface area contributed by atoms with Gasteiger partial charge in [0.25, 0.3) is 0 Å². The fourth-order valence-electron chi connectivity index (χ4n) is 2.64. The molecule has 0 amide bonds. The molecule has 0 spiro atoms. The topological polar surface area (TPSA) is 52.5 Å². The minimum atomic E-state index is -0.496. The van der Waals surface area contributed by atoms with Gasteiger partial charge in [-0.05, 0) is 29.8 Å². The maximum Gasteiger partial charge on any atom is 0.225 e. The van der Waals surface area contributed by atoms with Crippen LogP contribution in [-0.2, 0) is 6.54 Å². The number of rotatable bonds is 6. The van der Waals surface area contributed by atoms with Gasteiger partial charge in [-0.2, -0.15) is 0 Å². The first-order valence-corrected chi connectivity index (χ1v) is 9.00. The van der Waals surface area contributed by atoms with Crippen LogP contribution in [0.4, 0.5) is 15.9 Å². The number of nitrogens with one attached hydrogen (secondary N) is 1. The molecule has 3 rings (SSSR count). The lowest BCUT2D eigenvalue weighted by Gasteiger charge is -2.18. The highest BCUT2D eigenvalue weighted by Crippen LogP contribution is 2.30. The Kier molecular flexibility index (Phi) is 6.11. The molecule has 0 aliphatic carbocycles. The number of hydrogen-bond donors (Lipinski definition) is 1. The smallest absolute Gasteiger partial charge is 0.225 e. The van der Waals surface area contributed by atoms with Gasteiger partial charge in [0.05, 0.1) is 36.1 Å². The van der Waals surface area contributed by atoms with Crippen LogP contribution in [0.15, 0.2) is 53.5 Å². The first kappa shape index (κ1) is 20.0. The maximum atomic E-state index is 13.5. The molecule has 0 bridgehead atoms. The quantitative estimate of drug-likeness (QED) is 0.599. The number of halogens is 3. The van der Waals surface area contributed by atoms with Gasteiger partial charge in [0.1, 0.15) is 17.4 Å². The lowest BCUT2D eigenvalue weighted by atomic mass is 10.2. The zero-order valence-corrected chi connectivity index (χ0v) is 16.6. The summed E-state index contributed by atoms with van der Waals surface area (Å²) in [6, 6.07) is 11.0. The Bertz CT molecular complexity index is 1070. The summed E-state index contributed by atoms with van der Waals surface area (Å²) in [6.07, 6.45) is 1.57. The third kappa shape index (κ3) is 4.40. The van der Waals surface area contributed by atoms with Gasteiger partial charge in [0.15, 0.2) is 5.75 Å². The average molecular weight is 423 g/mol. The van der Waals surface area contributed by atoms with Crippen molar-refractivity contribution in [1.29, 1.82) is 0 Å². The van der Waals surface area contributed by atoms with Crippen molar-refractivity contribution in [3.8, 4) is 11.5 Å². The minimum Gasteiger partial charge on any atom is -0.497 e. The Morgan fingerprint density at radius 1 is 1.04 bits per heavy atom. The van der Waals surface area contributed by atoms with Crippen LogP contribution in [0.2, 0.25) is 10.0 Å². The van der Waals surface area contributed by atoms with Gasteiger partial charge < -0.3 is 19.4 Å². The van der Waals surface area contributed by atoms with E-state index in [1.807, 2.05) is 0 Å². The van der Waals surface area contributed by atoms with Crippen molar-refractivity contribution in [3.63, 3.8) is 0 Å². The molecule has 1 heterocycles. The molecule has 28 heavy (non-hydrogen) atoms. The van der Waals surface area contributed by atoms with E-state index in [0.717, 1.165) is 5.56 Å². The molecule has 0 aliphatic heterocycles. The second-order valence-corrected chi connectivity index (χ2v) is 6.75. The summed E-state index contributed by atoms with van der Waals surface area (Å²) in [4.78, 5) is 12.3. The number of anilines is 2. The molecule has 2 aromatic carbocycles. The molecule has 1 N–H and O–H groups in total. The summed E-state index contributed by atoms with van der Waals surface area (Å²) in [6.45, 7) is 0.320. The second-order valence-electron chi connectivity index (χ2n) is 5.94. The fraction of sp³-hybridized carbons (Fsp3) is 0.150. The van der Waals surface area contributed by atoms with Crippen LogP contribution in [0.3, 0.4) is 0 Å². The van der Waals surface area contributed by atoms with Crippen LogP contribution in [0, 0.1) is 5.82 Å². The zero-order valence-electron chi connectivity index (χ0n) is 15.1. The van der Waals surface area contributed by atoms with Gasteiger partial charge in [-0.3, -0.25) is 4.79 Å². The summed E-state index contributed by atoms with van der Waals surface area (Å²) in [5.41, 5.74) is 1.02. The normalized spacial score (nSPS) is 10.6. The monoisotopic (exact) mass is 422 g/mol. The van der Waals surface area contributed by atoms with Crippen molar-refractivity contribution < 1.29 is 13.9 Å². The van der Waals surface area contributed by atoms with Gasteiger partial charge in [-0.25, -0.2) is 4.39 Å². The zero-order chi connectivity index (χ0) is 20.3. The van der Waals surface area contributed by atoms with E-state index in [-0.39, 0.29) is 16.2 Å². The van der Waals surface area contributed by atoms with Crippen molar-refractivity contribution in [3.05, 3.63) is 80.3 Å². The molecule has 5 nitrogen and oxygen atoms in total. The predicted molar refractivity (Wildman–Crippen MR) is 109 cm³/mol. The molecule has 0 fully saturated rings. The third-order valence-electron chi connectivity index (χ3n) is 4.09. The van der Waals surface area contributed by atoms with E-state index in [2.05, 4.69) is 5.32 Å². The number of benzene rings is 2. The van der Waals surface area contributed by atoms with E-state index >= 15 is 0 Å². The largest absolute Gasteiger partial charge is 0.497 e. The molecule has 0 aliphatic rings. The molecule has 146 valence electrons. The van der Waals surface area contributed by atoms with Crippen molar-refractivity contribution in [1.82, 2.24) is 4.57 Å². The lowest BCUT2D eigenvalue weighted by Crippen LogP contribution is -2.14. The molecule has 0 saturated carbocycles. The van der Waals surface area contributed by atoms with Gasteiger partial charge in [0, 0.05) is 18.7 Å². The summed E-state index contributed by atoms with van der Waals surface area (Å²) in [5.74, 6) is 0.765. The van der Waals surface area contributed by atoms with Crippen LogP contribution < -0.4 is 20.2 Å². The average Bonchev–Trinajstić information content (AvgIpc) is 2.68. The Balaban J connectivity index is 2.03. The van der Waals surface area contributed by atoms with Crippen molar-refractivity contribution >= 4 is 34.7 Å². The SMILES string of the molecule is COc1ccc(Cl)c(Nc2cc(=O)c(OC)cn2Cc2ccc(F)c(Cl)c2)c1. The number of hydrogen-bond acceptors (Lipinski definition) is 4. The highest BCUT2D eigenvalue weighted by Gasteiger charge is 2.11. The number of pyridine rings is 1. The Morgan fingerprint density at radius 2 is 1.82 bits per heavy atom. The van der Waals surface area contributed by atoms with Gasteiger partial charge in [-0.15, -0.1) is 0 Å². The predicted octanol–water partition coefficient (Wildman–Crippen LogP) is 5.10.